The van der Waals surface area contributed by atoms with Crippen LogP contribution in [0, 0.1) is 11.6 Å². The topological polar surface area (TPSA) is 18.5 Å². The van der Waals surface area contributed by atoms with Crippen molar-refractivity contribution in [3.63, 3.8) is 0 Å². The van der Waals surface area contributed by atoms with Gasteiger partial charge in [0.25, 0.3) is 0 Å². The van der Waals surface area contributed by atoms with Crippen molar-refractivity contribution >= 4 is 0 Å². The van der Waals surface area contributed by atoms with Gasteiger partial charge in [-0.3, -0.25) is 0 Å². The minimum absolute atomic E-state index is 0.00122. The van der Waals surface area contributed by atoms with Crippen molar-refractivity contribution in [3.8, 4) is 5.75 Å². The van der Waals surface area contributed by atoms with E-state index in [1.165, 1.54) is 6.07 Å². The van der Waals surface area contributed by atoms with Crippen LogP contribution >= 0.6 is 0 Å². The van der Waals surface area contributed by atoms with Gasteiger partial charge < -0.3 is 9.47 Å². The van der Waals surface area contributed by atoms with Gasteiger partial charge in [0.1, 0.15) is 0 Å². The lowest BCUT2D eigenvalue weighted by Crippen LogP contribution is -2.25. The Balaban J connectivity index is 2.06. The molecule has 0 N–H and O–H groups in total. The lowest BCUT2D eigenvalue weighted by Gasteiger charge is -2.29. The lowest BCUT2D eigenvalue weighted by atomic mass is 9.90. The molecule has 2 nitrogen and oxygen atoms in total. The number of benzene rings is 1. The molecule has 4 heteroatoms. The molecule has 1 unspecified atom stereocenters. The summed E-state index contributed by atoms with van der Waals surface area (Å²) >= 11 is 0. The van der Waals surface area contributed by atoms with E-state index < -0.39 is 11.6 Å². The molecule has 21 heavy (non-hydrogen) atoms. The molecular formula is C17H24F2O2. The van der Waals surface area contributed by atoms with E-state index in [4.69, 9.17) is 9.47 Å². The average molecular weight is 298 g/mol. The predicted molar refractivity (Wildman–Crippen MR) is 78.8 cm³/mol. The van der Waals surface area contributed by atoms with Crippen LogP contribution in [0.5, 0.6) is 5.75 Å². The predicted octanol–water partition coefficient (Wildman–Crippen LogP) is 4.82. The summed E-state index contributed by atoms with van der Waals surface area (Å²) in [6.07, 6.45) is 4.91. The second-order valence-corrected chi connectivity index (χ2v) is 5.65. The molecule has 0 aliphatic carbocycles. The summed E-state index contributed by atoms with van der Waals surface area (Å²) in [5.74, 6) is -1.73. The maximum atomic E-state index is 14.2. The molecule has 1 fully saturated rings. The van der Waals surface area contributed by atoms with Crippen molar-refractivity contribution in [3.05, 3.63) is 29.3 Å². The normalized spacial score (nSPS) is 22.3. The van der Waals surface area contributed by atoms with Crippen LogP contribution in [0.2, 0.25) is 0 Å². The van der Waals surface area contributed by atoms with Crippen molar-refractivity contribution in [2.24, 2.45) is 0 Å². The molecule has 1 aliphatic rings. The van der Waals surface area contributed by atoms with E-state index in [-0.39, 0.29) is 17.8 Å². The standard InChI is InChI=1S/C17H24F2O2/c1-3-5-13-7-6-12(11-21-13)14-8-9-15(20-10-4-2)17(19)16(14)18/h8-9,12-13H,3-7,10-11H2,1-2H3/t12-,13?/m1/s1. The fourth-order valence-electron chi connectivity index (χ4n) is 2.79. The number of hydrogen-bond acceptors (Lipinski definition) is 2. The van der Waals surface area contributed by atoms with Crippen LogP contribution in [0.15, 0.2) is 12.1 Å². The average Bonchev–Trinajstić information content (AvgIpc) is 2.50. The first-order valence-electron chi connectivity index (χ1n) is 7.89. The van der Waals surface area contributed by atoms with E-state index in [1.54, 1.807) is 6.07 Å². The highest BCUT2D eigenvalue weighted by Crippen LogP contribution is 2.34. The third-order valence-electron chi connectivity index (χ3n) is 3.96. The highest BCUT2D eigenvalue weighted by Gasteiger charge is 2.26. The molecule has 0 amide bonds. The van der Waals surface area contributed by atoms with Crippen molar-refractivity contribution in [1.82, 2.24) is 0 Å². The Bertz CT molecular complexity index is 454. The van der Waals surface area contributed by atoms with Gasteiger partial charge in [-0.15, -0.1) is 0 Å². The van der Waals surface area contributed by atoms with Gasteiger partial charge in [-0.1, -0.05) is 26.3 Å². The molecule has 1 heterocycles. The first kappa shape index (κ1) is 16.2. The summed E-state index contributed by atoms with van der Waals surface area (Å²) in [6, 6.07) is 3.17. The van der Waals surface area contributed by atoms with Crippen LogP contribution < -0.4 is 4.74 Å². The Hall–Kier alpha value is -1.16. The van der Waals surface area contributed by atoms with Crippen molar-refractivity contribution in [1.29, 1.82) is 0 Å². The quantitative estimate of drug-likeness (QED) is 0.750. The van der Waals surface area contributed by atoms with E-state index in [1.807, 2.05) is 6.92 Å². The highest BCUT2D eigenvalue weighted by molar-refractivity contribution is 5.33. The van der Waals surface area contributed by atoms with E-state index in [2.05, 4.69) is 6.92 Å². The van der Waals surface area contributed by atoms with Crippen LogP contribution in [0.25, 0.3) is 0 Å². The molecule has 1 aliphatic heterocycles. The number of halogens is 2. The zero-order chi connectivity index (χ0) is 15.2. The van der Waals surface area contributed by atoms with Gasteiger partial charge >= 0.3 is 0 Å². The fraction of sp³-hybridized carbons (Fsp3) is 0.647. The van der Waals surface area contributed by atoms with Gasteiger partial charge in [-0.05, 0) is 37.3 Å². The molecule has 0 spiro atoms. The number of rotatable bonds is 6. The van der Waals surface area contributed by atoms with Crippen LogP contribution in [0.3, 0.4) is 0 Å². The van der Waals surface area contributed by atoms with Crippen LogP contribution in [-0.4, -0.2) is 19.3 Å². The molecule has 0 bridgehead atoms. The zero-order valence-corrected chi connectivity index (χ0v) is 12.8. The van der Waals surface area contributed by atoms with Crippen LogP contribution in [0.1, 0.15) is 57.4 Å². The molecule has 1 saturated heterocycles. The smallest absolute Gasteiger partial charge is 0.200 e. The monoisotopic (exact) mass is 298 g/mol. The van der Waals surface area contributed by atoms with Crippen molar-refractivity contribution in [2.45, 2.75) is 58.0 Å². The summed E-state index contributed by atoms with van der Waals surface area (Å²) in [4.78, 5) is 0. The van der Waals surface area contributed by atoms with Gasteiger partial charge in [0, 0.05) is 5.92 Å². The summed E-state index contributed by atoms with van der Waals surface area (Å²) in [5, 5.41) is 0. The third-order valence-corrected chi connectivity index (χ3v) is 3.96. The molecule has 0 saturated carbocycles. The maximum Gasteiger partial charge on any atom is 0.200 e. The third kappa shape index (κ3) is 3.94. The van der Waals surface area contributed by atoms with Gasteiger partial charge in [0.15, 0.2) is 11.6 Å². The summed E-state index contributed by atoms with van der Waals surface area (Å²) in [6.45, 7) is 4.91. The molecule has 1 aromatic rings. The largest absolute Gasteiger partial charge is 0.490 e. The van der Waals surface area contributed by atoms with Crippen molar-refractivity contribution < 1.29 is 18.3 Å². The Morgan fingerprint density at radius 2 is 1.95 bits per heavy atom. The second-order valence-electron chi connectivity index (χ2n) is 5.65. The molecule has 2 atom stereocenters. The lowest BCUT2D eigenvalue weighted by molar-refractivity contribution is -0.00184. The van der Waals surface area contributed by atoms with Gasteiger partial charge in [-0.25, -0.2) is 4.39 Å². The number of hydrogen-bond donors (Lipinski definition) is 0. The van der Waals surface area contributed by atoms with E-state index in [9.17, 15) is 8.78 Å². The van der Waals surface area contributed by atoms with E-state index >= 15 is 0 Å². The summed E-state index contributed by atoms with van der Waals surface area (Å²) in [7, 11) is 0. The first-order chi connectivity index (χ1) is 10.2. The molecule has 0 aromatic heterocycles. The molecule has 2 rings (SSSR count). The SMILES string of the molecule is CCCOc1ccc([C@@H]2CCC(CCC)OC2)c(F)c1F. The zero-order valence-electron chi connectivity index (χ0n) is 12.8. The van der Waals surface area contributed by atoms with E-state index in [0.717, 1.165) is 32.1 Å². The first-order valence-corrected chi connectivity index (χ1v) is 7.89. The molecule has 118 valence electrons. The second kappa shape index (κ2) is 7.74. The highest BCUT2D eigenvalue weighted by atomic mass is 19.2. The summed E-state index contributed by atoms with van der Waals surface area (Å²) < 4.78 is 39.2. The Kier molecular flexibility index (Phi) is 5.97. The fourth-order valence-corrected chi connectivity index (χ4v) is 2.79. The van der Waals surface area contributed by atoms with Crippen molar-refractivity contribution in [2.75, 3.05) is 13.2 Å². The Labute approximate surface area is 125 Å². The molecule has 0 radical (unpaired) electrons. The van der Waals surface area contributed by atoms with Crippen LogP contribution in [0.4, 0.5) is 8.78 Å². The van der Waals surface area contributed by atoms with Gasteiger partial charge in [0.05, 0.1) is 19.3 Å². The maximum absolute atomic E-state index is 14.2. The minimum Gasteiger partial charge on any atom is -0.490 e. The Morgan fingerprint density at radius 3 is 2.57 bits per heavy atom. The molecular weight excluding hydrogens is 274 g/mol. The van der Waals surface area contributed by atoms with Gasteiger partial charge in [0.2, 0.25) is 5.82 Å². The van der Waals surface area contributed by atoms with Crippen LogP contribution in [-0.2, 0) is 4.74 Å². The van der Waals surface area contributed by atoms with Gasteiger partial charge in [-0.2, -0.15) is 4.39 Å². The summed E-state index contributed by atoms with van der Waals surface area (Å²) in [5.41, 5.74) is 0.409. The number of ether oxygens (including phenoxy) is 2. The molecule has 1 aromatic carbocycles. The minimum atomic E-state index is -0.878. The van der Waals surface area contributed by atoms with E-state index in [0.29, 0.717) is 18.8 Å². The Morgan fingerprint density at radius 1 is 1.14 bits per heavy atom.